The van der Waals surface area contributed by atoms with Crippen molar-refractivity contribution in [2.75, 3.05) is 18.0 Å². The van der Waals surface area contributed by atoms with E-state index in [0.717, 1.165) is 19.4 Å². The average molecular weight is 344 g/mol. The maximum Gasteiger partial charge on any atom is 0.290 e. The summed E-state index contributed by atoms with van der Waals surface area (Å²) in [6, 6.07) is 3.28. The van der Waals surface area contributed by atoms with Crippen LogP contribution in [-0.2, 0) is 7.05 Å². The van der Waals surface area contributed by atoms with E-state index in [1.807, 2.05) is 0 Å². The first-order valence-electron chi connectivity index (χ1n) is 8.11. The molecule has 132 valence electrons. The Kier molecular flexibility index (Phi) is 4.64. The quantitative estimate of drug-likeness (QED) is 0.650. The Labute approximate surface area is 144 Å². The van der Waals surface area contributed by atoms with E-state index in [2.05, 4.69) is 20.3 Å². The molecule has 3 heterocycles. The van der Waals surface area contributed by atoms with Crippen molar-refractivity contribution in [1.82, 2.24) is 20.1 Å². The Morgan fingerprint density at radius 3 is 2.92 bits per heavy atom. The number of anilines is 1. The summed E-state index contributed by atoms with van der Waals surface area (Å²) in [6.45, 7) is 2.94. The van der Waals surface area contributed by atoms with E-state index in [1.54, 1.807) is 30.9 Å². The van der Waals surface area contributed by atoms with Crippen molar-refractivity contribution in [3.05, 3.63) is 45.9 Å². The van der Waals surface area contributed by atoms with E-state index in [-0.39, 0.29) is 17.6 Å². The van der Waals surface area contributed by atoms with Gasteiger partial charge in [0.15, 0.2) is 0 Å². The monoisotopic (exact) mass is 344 g/mol. The number of aromatic nitrogens is 3. The fourth-order valence-corrected chi connectivity index (χ4v) is 3.09. The van der Waals surface area contributed by atoms with Gasteiger partial charge in [-0.1, -0.05) is 0 Å². The number of rotatable bonds is 5. The molecule has 0 saturated carbocycles. The molecule has 3 rings (SSSR count). The van der Waals surface area contributed by atoms with Gasteiger partial charge in [-0.05, 0) is 25.8 Å². The third-order valence-corrected chi connectivity index (χ3v) is 4.38. The highest BCUT2D eigenvalue weighted by molar-refractivity contribution is 5.93. The molecule has 1 unspecified atom stereocenters. The number of nitro groups is 1. The Morgan fingerprint density at radius 1 is 1.48 bits per heavy atom. The Balaban J connectivity index is 1.67. The number of nitrogens with zero attached hydrogens (tertiary/aromatic N) is 5. The van der Waals surface area contributed by atoms with E-state index in [9.17, 15) is 14.9 Å². The second-order valence-electron chi connectivity index (χ2n) is 6.13. The van der Waals surface area contributed by atoms with Crippen LogP contribution in [0, 0.1) is 17.0 Å². The van der Waals surface area contributed by atoms with Gasteiger partial charge in [0, 0.05) is 38.4 Å². The Morgan fingerprint density at radius 2 is 2.28 bits per heavy atom. The van der Waals surface area contributed by atoms with Crippen LogP contribution in [0.3, 0.4) is 0 Å². The lowest BCUT2D eigenvalue weighted by Gasteiger charge is -2.26. The van der Waals surface area contributed by atoms with Crippen molar-refractivity contribution in [3.63, 3.8) is 0 Å². The lowest BCUT2D eigenvalue weighted by Crippen LogP contribution is -2.40. The zero-order valence-electron chi connectivity index (χ0n) is 14.2. The van der Waals surface area contributed by atoms with Crippen molar-refractivity contribution < 1.29 is 9.72 Å². The smallest absolute Gasteiger partial charge is 0.290 e. The summed E-state index contributed by atoms with van der Waals surface area (Å²) in [5, 5.41) is 17.9. The van der Waals surface area contributed by atoms with Crippen molar-refractivity contribution in [2.45, 2.75) is 25.8 Å². The number of aryl methyl sites for hydroxylation is 2. The van der Waals surface area contributed by atoms with Gasteiger partial charge in [0.1, 0.15) is 11.5 Å². The van der Waals surface area contributed by atoms with Gasteiger partial charge in [-0.2, -0.15) is 5.10 Å². The van der Waals surface area contributed by atoms with E-state index in [4.69, 9.17) is 0 Å². The van der Waals surface area contributed by atoms with Crippen LogP contribution >= 0.6 is 0 Å². The highest BCUT2D eigenvalue weighted by atomic mass is 16.6. The van der Waals surface area contributed by atoms with Gasteiger partial charge in [-0.15, -0.1) is 0 Å². The van der Waals surface area contributed by atoms with Crippen LogP contribution in [-0.4, -0.2) is 44.7 Å². The molecule has 0 aliphatic carbocycles. The van der Waals surface area contributed by atoms with Crippen molar-refractivity contribution in [3.8, 4) is 0 Å². The SMILES string of the molecule is Cc1nc(N2CCCC2CNC(=O)c2cnn(C)c2)ccc1[N+](=O)[O-]. The van der Waals surface area contributed by atoms with Gasteiger partial charge in [-0.3, -0.25) is 19.6 Å². The third-order valence-electron chi connectivity index (χ3n) is 4.38. The molecular formula is C16H20N6O3. The van der Waals surface area contributed by atoms with Crippen LogP contribution in [0.5, 0.6) is 0 Å². The molecule has 9 heteroatoms. The second kappa shape index (κ2) is 6.88. The maximum absolute atomic E-state index is 12.2. The van der Waals surface area contributed by atoms with Gasteiger partial charge in [0.2, 0.25) is 0 Å². The first-order valence-corrected chi connectivity index (χ1v) is 8.11. The number of amides is 1. The molecule has 25 heavy (non-hydrogen) atoms. The molecule has 1 amide bonds. The van der Waals surface area contributed by atoms with Gasteiger partial charge in [0.25, 0.3) is 11.6 Å². The van der Waals surface area contributed by atoms with Crippen LogP contribution in [0.2, 0.25) is 0 Å². The Hall–Kier alpha value is -2.97. The summed E-state index contributed by atoms with van der Waals surface area (Å²) in [4.78, 5) is 29.1. The topological polar surface area (TPSA) is 106 Å². The fraction of sp³-hybridized carbons (Fsp3) is 0.438. The van der Waals surface area contributed by atoms with Gasteiger partial charge >= 0.3 is 0 Å². The van der Waals surface area contributed by atoms with Crippen molar-refractivity contribution in [1.29, 1.82) is 0 Å². The average Bonchev–Trinajstić information content (AvgIpc) is 3.21. The highest BCUT2D eigenvalue weighted by Gasteiger charge is 2.27. The summed E-state index contributed by atoms with van der Waals surface area (Å²) < 4.78 is 1.58. The fourth-order valence-electron chi connectivity index (χ4n) is 3.09. The van der Waals surface area contributed by atoms with Crippen LogP contribution in [0.4, 0.5) is 11.5 Å². The highest BCUT2D eigenvalue weighted by Crippen LogP contribution is 2.26. The molecule has 0 aromatic carbocycles. The summed E-state index contributed by atoms with van der Waals surface area (Å²) in [7, 11) is 1.76. The van der Waals surface area contributed by atoms with E-state index in [0.29, 0.717) is 23.6 Å². The minimum absolute atomic E-state index is 0.0179. The summed E-state index contributed by atoms with van der Waals surface area (Å²) in [6.07, 6.45) is 5.13. The predicted octanol–water partition coefficient (Wildman–Crippen LogP) is 1.43. The van der Waals surface area contributed by atoms with Gasteiger partial charge in [-0.25, -0.2) is 4.98 Å². The number of carbonyl (C=O) groups is 1. The molecule has 1 aliphatic heterocycles. The zero-order chi connectivity index (χ0) is 18.0. The molecule has 2 aromatic heterocycles. The van der Waals surface area contributed by atoms with E-state index in [1.165, 1.54) is 12.3 Å². The minimum Gasteiger partial charge on any atom is -0.352 e. The predicted molar refractivity (Wildman–Crippen MR) is 91.5 cm³/mol. The van der Waals surface area contributed by atoms with E-state index < -0.39 is 4.92 Å². The van der Waals surface area contributed by atoms with Crippen molar-refractivity contribution in [2.24, 2.45) is 7.05 Å². The summed E-state index contributed by atoms with van der Waals surface area (Å²) in [5.41, 5.74) is 0.938. The summed E-state index contributed by atoms with van der Waals surface area (Å²) >= 11 is 0. The molecule has 1 fully saturated rings. The first-order chi connectivity index (χ1) is 12.0. The minimum atomic E-state index is -0.429. The Bertz CT molecular complexity index is 803. The zero-order valence-corrected chi connectivity index (χ0v) is 14.2. The van der Waals surface area contributed by atoms with Crippen LogP contribution in [0.25, 0.3) is 0 Å². The molecule has 1 atom stereocenters. The molecule has 0 radical (unpaired) electrons. The molecule has 2 aromatic rings. The molecule has 0 bridgehead atoms. The van der Waals surface area contributed by atoms with E-state index >= 15 is 0 Å². The first kappa shape index (κ1) is 16.9. The second-order valence-corrected chi connectivity index (χ2v) is 6.13. The van der Waals surface area contributed by atoms with Gasteiger partial charge in [0.05, 0.1) is 16.7 Å². The molecule has 1 N–H and O–H groups in total. The molecule has 1 aliphatic rings. The van der Waals surface area contributed by atoms with Crippen molar-refractivity contribution >= 4 is 17.4 Å². The van der Waals surface area contributed by atoms with Gasteiger partial charge < -0.3 is 10.2 Å². The standard InChI is InChI=1S/C16H20N6O3/c1-11-14(22(24)25)5-6-15(19-11)21-7-3-4-13(21)9-17-16(23)12-8-18-20(2)10-12/h5-6,8,10,13H,3-4,7,9H2,1-2H3,(H,17,23). The number of hydrogen-bond donors (Lipinski definition) is 1. The molecule has 0 spiro atoms. The number of carbonyl (C=O) groups excluding carboxylic acids is 1. The largest absolute Gasteiger partial charge is 0.352 e. The lowest BCUT2D eigenvalue weighted by molar-refractivity contribution is -0.385. The maximum atomic E-state index is 12.2. The lowest BCUT2D eigenvalue weighted by atomic mass is 10.2. The number of nitrogens with one attached hydrogen (secondary N) is 1. The molecule has 1 saturated heterocycles. The normalized spacial score (nSPS) is 16.9. The summed E-state index contributed by atoms with van der Waals surface area (Å²) in [5.74, 6) is 0.550. The van der Waals surface area contributed by atoms with Crippen LogP contribution in [0.15, 0.2) is 24.5 Å². The van der Waals surface area contributed by atoms with Crippen LogP contribution in [0.1, 0.15) is 28.9 Å². The number of hydrogen-bond acceptors (Lipinski definition) is 6. The number of pyridine rings is 1. The molecular weight excluding hydrogens is 324 g/mol. The van der Waals surface area contributed by atoms with Crippen LogP contribution < -0.4 is 10.2 Å². The third kappa shape index (κ3) is 3.59. The molecule has 9 nitrogen and oxygen atoms in total.